The summed E-state index contributed by atoms with van der Waals surface area (Å²) in [6.07, 6.45) is 10.6. The lowest BCUT2D eigenvalue weighted by molar-refractivity contribution is 0.148. The molecule has 0 radical (unpaired) electrons. The lowest BCUT2D eigenvalue weighted by atomic mass is 10.1. The van der Waals surface area contributed by atoms with Crippen LogP contribution in [-0.2, 0) is 13.3 Å². The SMILES string of the molecule is CCCCCCC=CCO[SiH](OC)OC. The average molecular weight is 232 g/mol. The van der Waals surface area contributed by atoms with Gasteiger partial charge in [-0.2, -0.15) is 0 Å². The molecular formula is C11H24O3Si. The van der Waals surface area contributed by atoms with Gasteiger partial charge < -0.3 is 13.3 Å². The Bertz CT molecular complexity index is 147. The monoisotopic (exact) mass is 232 g/mol. The van der Waals surface area contributed by atoms with Crippen molar-refractivity contribution in [1.82, 2.24) is 0 Å². The molecule has 90 valence electrons. The summed E-state index contributed by atoms with van der Waals surface area (Å²) in [5.74, 6) is 0. The first kappa shape index (κ1) is 14.8. The molecule has 0 fully saturated rings. The van der Waals surface area contributed by atoms with Crippen molar-refractivity contribution in [2.24, 2.45) is 0 Å². The van der Waals surface area contributed by atoms with Gasteiger partial charge in [-0.1, -0.05) is 38.3 Å². The molecule has 0 bridgehead atoms. The minimum absolute atomic E-state index is 0.604. The van der Waals surface area contributed by atoms with E-state index >= 15 is 0 Å². The number of rotatable bonds is 10. The van der Waals surface area contributed by atoms with Crippen LogP contribution in [0.5, 0.6) is 0 Å². The Morgan fingerprint density at radius 3 is 2.33 bits per heavy atom. The van der Waals surface area contributed by atoms with E-state index < -0.39 is 9.53 Å². The summed E-state index contributed by atoms with van der Waals surface area (Å²) in [7, 11) is 1.43. The Labute approximate surface area is 95.4 Å². The Morgan fingerprint density at radius 1 is 1.00 bits per heavy atom. The molecule has 0 amide bonds. The van der Waals surface area contributed by atoms with Crippen molar-refractivity contribution in [3.8, 4) is 0 Å². The fraction of sp³-hybridized carbons (Fsp3) is 0.818. The van der Waals surface area contributed by atoms with Crippen molar-refractivity contribution in [3.63, 3.8) is 0 Å². The first-order valence-corrected chi connectivity index (χ1v) is 7.08. The molecule has 0 atom stereocenters. The van der Waals surface area contributed by atoms with Gasteiger partial charge in [0.1, 0.15) is 0 Å². The molecule has 4 heteroatoms. The van der Waals surface area contributed by atoms with Crippen molar-refractivity contribution >= 4 is 9.53 Å². The third-order valence-electron chi connectivity index (χ3n) is 2.10. The maximum Gasteiger partial charge on any atom is 0.483 e. The smallest absolute Gasteiger partial charge is 0.379 e. The number of unbranched alkanes of at least 4 members (excludes halogenated alkanes) is 4. The predicted octanol–water partition coefficient (Wildman–Crippen LogP) is 2.54. The van der Waals surface area contributed by atoms with Crippen molar-refractivity contribution in [2.45, 2.75) is 39.0 Å². The molecular weight excluding hydrogens is 208 g/mol. The number of hydrogen-bond donors (Lipinski definition) is 0. The van der Waals surface area contributed by atoms with Gasteiger partial charge in [-0.25, -0.2) is 0 Å². The summed E-state index contributed by atoms with van der Waals surface area (Å²) in [6.45, 7) is 2.83. The van der Waals surface area contributed by atoms with Gasteiger partial charge in [0.05, 0.1) is 6.61 Å². The van der Waals surface area contributed by atoms with Gasteiger partial charge in [-0.15, -0.1) is 0 Å². The highest BCUT2D eigenvalue weighted by Crippen LogP contribution is 2.02. The van der Waals surface area contributed by atoms with Crippen LogP contribution in [0.1, 0.15) is 39.0 Å². The molecule has 0 aliphatic carbocycles. The Morgan fingerprint density at radius 2 is 1.73 bits per heavy atom. The summed E-state index contributed by atoms with van der Waals surface area (Å²) in [4.78, 5) is 0. The molecule has 0 rings (SSSR count). The van der Waals surface area contributed by atoms with E-state index in [2.05, 4.69) is 13.0 Å². The molecule has 0 N–H and O–H groups in total. The maximum atomic E-state index is 5.38. The van der Waals surface area contributed by atoms with E-state index in [0.29, 0.717) is 6.61 Å². The highest BCUT2D eigenvalue weighted by atomic mass is 28.3. The molecule has 0 spiro atoms. The quantitative estimate of drug-likeness (QED) is 0.329. The molecule has 3 nitrogen and oxygen atoms in total. The van der Waals surface area contributed by atoms with Crippen LogP contribution in [0.2, 0.25) is 0 Å². The third-order valence-corrected chi connectivity index (χ3v) is 3.34. The lowest BCUT2D eigenvalue weighted by Gasteiger charge is -2.08. The highest BCUT2D eigenvalue weighted by molar-refractivity contribution is 6.36. The molecule has 0 saturated heterocycles. The normalized spacial score (nSPS) is 11.7. The van der Waals surface area contributed by atoms with Crippen LogP contribution in [0, 0.1) is 0 Å². The van der Waals surface area contributed by atoms with E-state index in [1.807, 2.05) is 6.08 Å². The minimum atomic E-state index is -1.81. The van der Waals surface area contributed by atoms with Gasteiger partial charge in [-0.05, 0) is 12.8 Å². The molecule has 0 aromatic heterocycles. The largest absolute Gasteiger partial charge is 0.483 e. The summed E-state index contributed by atoms with van der Waals surface area (Å²) in [6, 6.07) is 0. The van der Waals surface area contributed by atoms with Crippen molar-refractivity contribution in [3.05, 3.63) is 12.2 Å². The zero-order valence-electron chi connectivity index (χ0n) is 10.2. The molecule has 0 aliphatic heterocycles. The predicted molar refractivity (Wildman–Crippen MR) is 65.0 cm³/mol. The maximum absolute atomic E-state index is 5.38. The van der Waals surface area contributed by atoms with Crippen LogP contribution in [0.25, 0.3) is 0 Å². The Hall–Kier alpha value is -0.163. The lowest BCUT2D eigenvalue weighted by Crippen LogP contribution is -2.23. The average Bonchev–Trinajstić information content (AvgIpc) is 2.27. The Balaban J connectivity index is 3.23. The molecule has 0 heterocycles. The molecule has 0 aromatic rings. The van der Waals surface area contributed by atoms with Gasteiger partial charge in [0.25, 0.3) is 0 Å². The van der Waals surface area contributed by atoms with Crippen LogP contribution in [-0.4, -0.2) is 30.4 Å². The molecule has 0 aromatic carbocycles. The summed E-state index contributed by atoms with van der Waals surface area (Å²) in [5.41, 5.74) is 0. The standard InChI is InChI=1S/C11H24O3Si/c1-4-5-6-7-8-9-10-11-14-15(12-2)13-3/h9-10,15H,4-8,11H2,1-3H3. The van der Waals surface area contributed by atoms with E-state index in [9.17, 15) is 0 Å². The third kappa shape index (κ3) is 10.1. The number of hydrogen-bond acceptors (Lipinski definition) is 3. The van der Waals surface area contributed by atoms with Crippen LogP contribution < -0.4 is 0 Å². The molecule has 0 unspecified atom stereocenters. The van der Waals surface area contributed by atoms with E-state index in [1.165, 1.54) is 25.7 Å². The van der Waals surface area contributed by atoms with Crippen LogP contribution in [0.15, 0.2) is 12.2 Å². The summed E-state index contributed by atoms with van der Waals surface area (Å²) in [5, 5.41) is 0. The van der Waals surface area contributed by atoms with Gasteiger partial charge in [0.2, 0.25) is 0 Å². The summed E-state index contributed by atoms with van der Waals surface area (Å²) < 4.78 is 15.4. The van der Waals surface area contributed by atoms with Crippen LogP contribution in [0.3, 0.4) is 0 Å². The van der Waals surface area contributed by atoms with Gasteiger partial charge in [0, 0.05) is 14.2 Å². The molecule has 0 saturated carbocycles. The van der Waals surface area contributed by atoms with Crippen LogP contribution >= 0.6 is 0 Å². The molecule has 15 heavy (non-hydrogen) atoms. The minimum Gasteiger partial charge on any atom is -0.379 e. The van der Waals surface area contributed by atoms with E-state index in [1.54, 1.807) is 14.2 Å². The summed E-state index contributed by atoms with van der Waals surface area (Å²) >= 11 is 0. The second-order valence-corrected chi connectivity index (χ2v) is 5.27. The zero-order valence-corrected chi connectivity index (χ0v) is 11.4. The van der Waals surface area contributed by atoms with E-state index in [0.717, 1.165) is 6.42 Å². The van der Waals surface area contributed by atoms with Gasteiger partial charge >= 0.3 is 9.53 Å². The topological polar surface area (TPSA) is 27.7 Å². The van der Waals surface area contributed by atoms with E-state index in [4.69, 9.17) is 13.3 Å². The second-order valence-electron chi connectivity index (χ2n) is 3.41. The molecule has 0 aliphatic rings. The van der Waals surface area contributed by atoms with Crippen LogP contribution in [0.4, 0.5) is 0 Å². The Kier molecular flexibility index (Phi) is 11.8. The van der Waals surface area contributed by atoms with Crippen molar-refractivity contribution in [1.29, 1.82) is 0 Å². The zero-order chi connectivity index (χ0) is 11.4. The van der Waals surface area contributed by atoms with Gasteiger partial charge in [0.15, 0.2) is 0 Å². The van der Waals surface area contributed by atoms with Crippen molar-refractivity contribution < 1.29 is 13.3 Å². The van der Waals surface area contributed by atoms with Crippen molar-refractivity contribution in [2.75, 3.05) is 20.8 Å². The first-order chi connectivity index (χ1) is 7.35. The highest BCUT2D eigenvalue weighted by Gasteiger charge is 2.08. The second kappa shape index (κ2) is 11.9. The first-order valence-electron chi connectivity index (χ1n) is 5.67. The van der Waals surface area contributed by atoms with E-state index in [-0.39, 0.29) is 0 Å². The van der Waals surface area contributed by atoms with Gasteiger partial charge in [-0.3, -0.25) is 0 Å². The fourth-order valence-electron chi connectivity index (χ4n) is 1.24. The number of allylic oxidation sites excluding steroid dienone is 1. The fourth-order valence-corrected chi connectivity index (χ4v) is 1.97.